The molecule has 3 aromatic rings. The van der Waals surface area contributed by atoms with Gasteiger partial charge in [-0.15, -0.1) is 0 Å². The molecule has 0 saturated carbocycles. The fourth-order valence-electron chi connectivity index (χ4n) is 3.81. The van der Waals surface area contributed by atoms with E-state index in [4.69, 9.17) is 18.9 Å². The summed E-state index contributed by atoms with van der Waals surface area (Å²) in [4.78, 5) is 26.2. The monoisotopic (exact) mass is 474 g/mol. The second-order valence-electron chi connectivity index (χ2n) is 7.95. The van der Waals surface area contributed by atoms with Crippen LogP contribution in [-0.2, 0) is 11.2 Å². The molecule has 0 unspecified atom stereocenters. The van der Waals surface area contributed by atoms with Gasteiger partial charge in [0.2, 0.25) is 6.79 Å². The molecule has 35 heavy (non-hydrogen) atoms. The molecule has 4 rings (SSSR count). The Kier molecular flexibility index (Phi) is 7.35. The number of methoxy groups -OCH3 is 1. The van der Waals surface area contributed by atoms with Crippen LogP contribution in [0.2, 0.25) is 0 Å². The van der Waals surface area contributed by atoms with Crippen LogP contribution in [-0.4, -0.2) is 37.4 Å². The Morgan fingerprint density at radius 3 is 2.20 bits per heavy atom. The average Bonchev–Trinajstić information content (AvgIpc) is 3.35. The summed E-state index contributed by atoms with van der Waals surface area (Å²) in [7, 11) is 1.54. The molecule has 3 aromatic carbocycles. The molecule has 0 fully saturated rings. The van der Waals surface area contributed by atoms with E-state index in [9.17, 15) is 14.7 Å². The number of carboxylic acids is 1. The molecule has 0 radical (unpaired) electrons. The lowest BCUT2D eigenvalue weighted by atomic mass is 9.89. The predicted octanol–water partition coefficient (Wildman–Crippen LogP) is 5.18. The number of carbonyl (C=O) groups is 2. The van der Waals surface area contributed by atoms with Gasteiger partial charge < -0.3 is 24.1 Å². The number of carboxylic acid groups (broad SMARTS) is 1. The fraction of sp³-hybridized carbons (Fsp3) is 0.214. The Morgan fingerprint density at radius 2 is 1.54 bits per heavy atom. The normalized spacial score (nSPS) is 12.6. The van der Waals surface area contributed by atoms with Crippen LogP contribution in [0.4, 0.5) is 0 Å². The number of hydrogen-bond acceptors (Lipinski definition) is 6. The van der Waals surface area contributed by atoms with Gasteiger partial charge in [0.15, 0.2) is 17.3 Å². The van der Waals surface area contributed by atoms with Gasteiger partial charge in [-0.05, 0) is 66.1 Å². The first-order chi connectivity index (χ1) is 17.0. The number of rotatable bonds is 10. The second-order valence-corrected chi connectivity index (χ2v) is 7.95. The zero-order chi connectivity index (χ0) is 24.8. The van der Waals surface area contributed by atoms with Gasteiger partial charge in [0.05, 0.1) is 19.3 Å². The summed E-state index contributed by atoms with van der Waals surface area (Å²) < 4.78 is 21.6. The van der Waals surface area contributed by atoms with Gasteiger partial charge in [0.25, 0.3) is 0 Å². The SMILES string of the molecule is CCCOc1ccc(C/C(C(=O)c2ccc(OC)cc2)=C(/C(=O)O)c2ccc3c(c2)OCO3)cc1. The van der Waals surface area contributed by atoms with Crippen LogP contribution >= 0.6 is 0 Å². The number of benzene rings is 3. The van der Waals surface area contributed by atoms with Crippen molar-refractivity contribution in [3.63, 3.8) is 0 Å². The number of fused-ring (bicyclic) bond motifs is 1. The number of aliphatic carboxylic acids is 1. The third kappa shape index (κ3) is 5.46. The minimum atomic E-state index is -1.20. The molecule has 0 amide bonds. The van der Waals surface area contributed by atoms with Crippen LogP contribution < -0.4 is 18.9 Å². The molecular formula is C28H26O7. The maximum Gasteiger partial charge on any atom is 0.336 e. The van der Waals surface area contributed by atoms with Gasteiger partial charge in [-0.25, -0.2) is 4.79 Å². The Morgan fingerprint density at radius 1 is 0.886 bits per heavy atom. The van der Waals surface area contributed by atoms with E-state index in [0.717, 1.165) is 17.7 Å². The molecule has 1 heterocycles. The molecule has 0 spiro atoms. The standard InChI is InChI=1S/C28H26O7/c1-3-14-33-22-9-4-18(5-10-22)15-23(27(29)19-6-11-21(32-2)12-7-19)26(28(30)31)20-8-13-24-25(16-20)35-17-34-24/h4-13,16H,3,14-15,17H2,1-2H3,(H,30,31)/b26-23-. The highest BCUT2D eigenvalue weighted by atomic mass is 16.7. The summed E-state index contributed by atoms with van der Waals surface area (Å²) in [6, 6.07) is 18.8. The third-order valence-corrected chi connectivity index (χ3v) is 5.58. The van der Waals surface area contributed by atoms with Crippen molar-refractivity contribution in [1.29, 1.82) is 0 Å². The van der Waals surface area contributed by atoms with Gasteiger partial charge in [-0.1, -0.05) is 25.1 Å². The molecule has 1 aliphatic rings. The summed E-state index contributed by atoms with van der Waals surface area (Å²) in [6.45, 7) is 2.70. The zero-order valence-corrected chi connectivity index (χ0v) is 19.6. The smallest absolute Gasteiger partial charge is 0.336 e. The summed E-state index contributed by atoms with van der Waals surface area (Å²) in [6.07, 6.45) is 1.01. The van der Waals surface area contributed by atoms with E-state index in [1.54, 1.807) is 42.5 Å². The van der Waals surface area contributed by atoms with Crippen molar-refractivity contribution >= 4 is 17.3 Å². The lowest BCUT2D eigenvalue weighted by Gasteiger charge is -2.14. The number of hydrogen-bond donors (Lipinski definition) is 1. The second kappa shape index (κ2) is 10.8. The van der Waals surface area contributed by atoms with Crippen molar-refractivity contribution in [2.75, 3.05) is 20.5 Å². The van der Waals surface area contributed by atoms with E-state index in [0.29, 0.717) is 35.0 Å². The first-order valence-electron chi connectivity index (χ1n) is 11.3. The third-order valence-electron chi connectivity index (χ3n) is 5.58. The number of ether oxygens (including phenoxy) is 4. The van der Waals surface area contributed by atoms with Crippen LogP contribution in [0.15, 0.2) is 72.3 Å². The van der Waals surface area contributed by atoms with E-state index >= 15 is 0 Å². The Bertz CT molecular complexity index is 1240. The molecule has 0 bridgehead atoms. The molecular weight excluding hydrogens is 448 g/mol. The first-order valence-corrected chi connectivity index (χ1v) is 11.3. The van der Waals surface area contributed by atoms with E-state index < -0.39 is 5.97 Å². The molecule has 7 nitrogen and oxygen atoms in total. The van der Waals surface area contributed by atoms with E-state index in [-0.39, 0.29) is 30.1 Å². The highest BCUT2D eigenvalue weighted by Crippen LogP contribution is 2.36. The first kappa shape index (κ1) is 23.9. The highest BCUT2D eigenvalue weighted by molar-refractivity contribution is 6.26. The van der Waals surface area contributed by atoms with Crippen molar-refractivity contribution < 1.29 is 33.6 Å². The zero-order valence-electron chi connectivity index (χ0n) is 19.6. The lowest BCUT2D eigenvalue weighted by Crippen LogP contribution is -2.14. The lowest BCUT2D eigenvalue weighted by molar-refractivity contribution is -0.130. The van der Waals surface area contributed by atoms with Crippen molar-refractivity contribution in [1.82, 2.24) is 0 Å². The predicted molar refractivity (Wildman–Crippen MR) is 130 cm³/mol. The summed E-state index contributed by atoms with van der Waals surface area (Å²) in [5.41, 5.74) is 1.58. The summed E-state index contributed by atoms with van der Waals surface area (Å²) >= 11 is 0. The van der Waals surface area contributed by atoms with Crippen molar-refractivity contribution in [2.45, 2.75) is 19.8 Å². The number of ketones is 1. The van der Waals surface area contributed by atoms with Gasteiger partial charge >= 0.3 is 5.97 Å². The minimum absolute atomic E-state index is 0.0645. The fourth-order valence-corrected chi connectivity index (χ4v) is 3.81. The van der Waals surface area contributed by atoms with Crippen LogP contribution in [0.25, 0.3) is 5.57 Å². The summed E-state index contributed by atoms with van der Waals surface area (Å²) in [5.74, 6) is 0.706. The van der Waals surface area contributed by atoms with Gasteiger partial charge in [0, 0.05) is 17.6 Å². The van der Waals surface area contributed by atoms with Gasteiger partial charge in [0.1, 0.15) is 11.5 Å². The largest absolute Gasteiger partial charge is 0.497 e. The molecule has 0 atom stereocenters. The maximum absolute atomic E-state index is 13.7. The number of Topliss-reactive ketones (excluding diaryl/α,β-unsaturated/α-hetero) is 1. The highest BCUT2D eigenvalue weighted by Gasteiger charge is 2.26. The molecule has 0 saturated heterocycles. The summed E-state index contributed by atoms with van der Waals surface area (Å²) in [5, 5.41) is 10.2. The molecule has 7 heteroatoms. The van der Waals surface area contributed by atoms with E-state index in [1.165, 1.54) is 7.11 Å². The van der Waals surface area contributed by atoms with E-state index in [2.05, 4.69) is 0 Å². The topological polar surface area (TPSA) is 91.3 Å². The number of allylic oxidation sites excluding steroid dienone is 1. The van der Waals surface area contributed by atoms with Crippen molar-refractivity contribution in [3.05, 3.63) is 89.0 Å². The Balaban J connectivity index is 1.78. The molecule has 180 valence electrons. The van der Waals surface area contributed by atoms with Gasteiger partial charge in [-0.3, -0.25) is 4.79 Å². The van der Waals surface area contributed by atoms with Gasteiger partial charge in [-0.2, -0.15) is 0 Å². The van der Waals surface area contributed by atoms with Crippen molar-refractivity contribution in [3.8, 4) is 23.0 Å². The average molecular weight is 475 g/mol. The van der Waals surface area contributed by atoms with Crippen LogP contribution in [0.3, 0.4) is 0 Å². The van der Waals surface area contributed by atoms with E-state index in [1.807, 2.05) is 31.2 Å². The van der Waals surface area contributed by atoms with Crippen molar-refractivity contribution in [2.24, 2.45) is 0 Å². The molecule has 0 aromatic heterocycles. The minimum Gasteiger partial charge on any atom is -0.497 e. The van der Waals surface area contributed by atoms with Crippen LogP contribution in [0.1, 0.15) is 34.8 Å². The number of carbonyl (C=O) groups excluding carboxylic acids is 1. The Labute approximate surface area is 203 Å². The maximum atomic E-state index is 13.7. The van der Waals surface area contributed by atoms with Crippen LogP contribution in [0.5, 0.6) is 23.0 Å². The molecule has 1 N–H and O–H groups in total. The molecule has 0 aliphatic carbocycles. The quantitative estimate of drug-likeness (QED) is 0.320. The van der Waals surface area contributed by atoms with Crippen LogP contribution in [0, 0.1) is 0 Å². The Hall–Kier alpha value is -4.26. The molecule has 1 aliphatic heterocycles.